The smallest absolute Gasteiger partial charge is 0.354 e. The molecular weight excluding hydrogens is 250 g/mol. The topological polar surface area (TPSA) is 95.5 Å². The van der Waals surface area contributed by atoms with Gasteiger partial charge in [-0.05, 0) is 19.8 Å². The standard InChI is InChI=1S/C12H17N3O4/c1-2-19-8-3-5-15(6-4-8)11(16)9-10(12(17)18)14-7-13-9/h7-8H,2-6H2,1H3,(H,13,14)(H,17,18). The van der Waals surface area contributed by atoms with Crippen molar-refractivity contribution in [2.75, 3.05) is 19.7 Å². The number of rotatable bonds is 4. The maximum atomic E-state index is 12.2. The zero-order valence-electron chi connectivity index (χ0n) is 10.8. The van der Waals surface area contributed by atoms with E-state index >= 15 is 0 Å². The number of piperidine rings is 1. The van der Waals surface area contributed by atoms with Gasteiger partial charge in [-0.1, -0.05) is 0 Å². The minimum absolute atomic E-state index is 0.0256. The Morgan fingerprint density at radius 1 is 1.53 bits per heavy atom. The van der Waals surface area contributed by atoms with Crippen LogP contribution in [0.15, 0.2) is 6.33 Å². The number of carboxylic acid groups (broad SMARTS) is 1. The lowest BCUT2D eigenvalue weighted by Crippen LogP contribution is -2.41. The van der Waals surface area contributed by atoms with Crippen LogP contribution in [0.5, 0.6) is 0 Å². The van der Waals surface area contributed by atoms with Crippen molar-refractivity contribution in [2.24, 2.45) is 0 Å². The number of carbonyl (C=O) groups is 2. The Morgan fingerprint density at radius 2 is 2.21 bits per heavy atom. The second-order valence-corrected chi connectivity index (χ2v) is 4.38. The lowest BCUT2D eigenvalue weighted by Gasteiger charge is -2.31. The molecule has 0 radical (unpaired) electrons. The van der Waals surface area contributed by atoms with E-state index in [-0.39, 0.29) is 23.4 Å². The van der Waals surface area contributed by atoms with E-state index in [2.05, 4.69) is 9.97 Å². The van der Waals surface area contributed by atoms with Crippen molar-refractivity contribution in [3.05, 3.63) is 17.7 Å². The highest BCUT2D eigenvalue weighted by Crippen LogP contribution is 2.16. The molecule has 1 aromatic rings. The quantitative estimate of drug-likeness (QED) is 0.839. The molecule has 0 atom stereocenters. The van der Waals surface area contributed by atoms with Crippen LogP contribution in [0.25, 0.3) is 0 Å². The minimum atomic E-state index is -1.18. The normalized spacial score (nSPS) is 16.6. The molecule has 0 spiro atoms. The number of ether oxygens (including phenoxy) is 1. The molecule has 2 N–H and O–H groups in total. The number of amides is 1. The lowest BCUT2D eigenvalue weighted by atomic mass is 10.1. The number of nitrogens with one attached hydrogen (secondary N) is 1. The minimum Gasteiger partial charge on any atom is -0.477 e. The lowest BCUT2D eigenvalue weighted by molar-refractivity contribution is 0.0143. The Bertz CT molecular complexity index is 463. The largest absolute Gasteiger partial charge is 0.477 e. The van der Waals surface area contributed by atoms with Gasteiger partial charge < -0.3 is 19.7 Å². The van der Waals surface area contributed by atoms with Gasteiger partial charge in [0.05, 0.1) is 12.4 Å². The summed E-state index contributed by atoms with van der Waals surface area (Å²) < 4.78 is 5.51. The van der Waals surface area contributed by atoms with Crippen molar-refractivity contribution in [1.29, 1.82) is 0 Å². The van der Waals surface area contributed by atoms with Gasteiger partial charge >= 0.3 is 5.97 Å². The zero-order valence-corrected chi connectivity index (χ0v) is 10.8. The SMILES string of the molecule is CCOC1CCN(C(=O)c2nc[nH]c2C(=O)O)CC1. The van der Waals surface area contributed by atoms with E-state index in [1.165, 1.54) is 6.33 Å². The summed E-state index contributed by atoms with van der Waals surface area (Å²) in [5.74, 6) is -1.52. The van der Waals surface area contributed by atoms with Crippen molar-refractivity contribution < 1.29 is 19.4 Å². The number of aromatic amines is 1. The van der Waals surface area contributed by atoms with E-state index < -0.39 is 5.97 Å². The van der Waals surface area contributed by atoms with E-state index in [1.807, 2.05) is 6.92 Å². The number of aromatic carboxylic acids is 1. The third kappa shape index (κ3) is 2.93. The monoisotopic (exact) mass is 267 g/mol. The van der Waals surface area contributed by atoms with Crippen LogP contribution in [0.1, 0.15) is 40.7 Å². The number of carboxylic acids is 1. The molecule has 2 rings (SSSR count). The molecular formula is C12H17N3O4. The molecule has 7 heteroatoms. The number of likely N-dealkylation sites (tertiary alicyclic amines) is 1. The number of imidazole rings is 1. The highest BCUT2D eigenvalue weighted by Gasteiger charge is 2.28. The Labute approximate surface area is 110 Å². The first-order valence-electron chi connectivity index (χ1n) is 6.31. The Kier molecular flexibility index (Phi) is 4.16. The van der Waals surface area contributed by atoms with E-state index in [0.29, 0.717) is 19.7 Å². The van der Waals surface area contributed by atoms with Gasteiger partial charge in [-0.3, -0.25) is 4.79 Å². The molecule has 7 nitrogen and oxygen atoms in total. The first-order chi connectivity index (χ1) is 9.13. The number of H-pyrrole nitrogens is 1. The molecule has 1 aromatic heterocycles. The Hall–Kier alpha value is -1.89. The van der Waals surface area contributed by atoms with Gasteiger partial charge in [-0.15, -0.1) is 0 Å². The van der Waals surface area contributed by atoms with E-state index in [4.69, 9.17) is 9.84 Å². The third-order valence-electron chi connectivity index (χ3n) is 3.19. The molecule has 19 heavy (non-hydrogen) atoms. The first kappa shape index (κ1) is 13.5. The fourth-order valence-corrected chi connectivity index (χ4v) is 2.23. The average molecular weight is 267 g/mol. The van der Waals surface area contributed by atoms with E-state index in [1.54, 1.807) is 4.90 Å². The summed E-state index contributed by atoms with van der Waals surface area (Å²) in [7, 11) is 0. The molecule has 0 aliphatic carbocycles. The van der Waals surface area contributed by atoms with Gasteiger partial charge in [0.15, 0.2) is 11.4 Å². The van der Waals surface area contributed by atoms with Crippen LogP contribution in [-0.2, 0) is 4.74 Å². The van der Waals surface area contributed by atoms with E-state index in [9.17, 15) is 9.59 Å². The van der Waals surface area contributed by atoms with Gasteiger partial charge in [0, 0.05) is 19.7 Å². The second-order valence-electron chi connectivity index (χ2n) is 4.38. The Balaban J connectivity index is 2.01. The summed E-state index contributed by atoms with van der Waals surface area (Å²) in [5.41, 5.74) is -0.181. The maximum Gasteiger partial charge on any atom is 0.354 e. The molecule has 0 unspecified atom stereocenters. The summed E-state index contributed by atoms with van der Waals surface area (Å²) in [6.07, 6.45) is 2.95. The van der Waals surface area contributed by atoms with Crippen LogP contribution in [-0.4, -0.2) is 57.7 Å². The van der Waals surface area contributed by atoms with Gasteiger partial charge in [0.2, 0.25) is 0 Å². The molecule has 1 amide bonds. The molecule has 1 aliphatic rings. The predicted molar refractivity (Wildman–Crippen MR) is 66.1 cm³/mol. The van der Waals surface area contributed by atoms with Crippen LogP contribution in [0, 0.1) is 0 Å². The molecule has 0 aromatic carbocycles. The zero-order chi connectivity index (χ0) is 13.8. The number of hydrogen-bond donors (Lipinski definition) is 2. The summed E-state index contributed by atoms with van der Waals surface area (Å²) >= 11 is 0. The fraction of sp³-hybridized carbons (Fsp3) is 0.583. The number of nitrogens with zero attached hydrogens (tertiary/aromatic N) is 2. The van der Waals surface area contributed by atoms with Crippen LogP contribution < -0.4 is 0 Å². The average Bonchev–Trinajstić information content (AvgIpc) is 2.88. The van der Waals surface area contributed by atoms with Crippen LogP contribution in [0.2, 0.25) is 0 Å². The van der Waals surface area contributed by atoms with Crippen LogP contribution in [0.4, 0.5) is 0 Å². The van der Waals surface area contributed by atoms with Gasteiger partial charge in [-0.25, -0.2) is 9.78 Å². The number of carbonyl (C=O) groups excluding carboxylic acids is 1. The molecule has 1 fully saturated rings. The highest BCUT2D eigenvalue weighted by atomic mass is 16.5. The first-order valence-corrected chi connectivity index (χ1v) is 6.31. The fourth-order valence-electron chi connectivity index (χ4n) is 2.23. The number of aromatic nitrogens is 2. The molecule has 1 aliphatic heterocycles. The van der Waals surface area contributed by atoms with Crippen molar-refractivity contribution in [3.8, 4) is 0 Å². The molecule has 104 valence electrons. The summed E-state index contributed by atoms with van der Waals surface area (Å²) in [6.45, 7) is 3.74. The Morgan fingerprint density at radius 3 is 2.79 bits per heavy atom. The van der Waals surface area contributed by atoms with Crippen molar-refractivity contribution in [1.82, 2.24) is 14.9 Å². The molecule has 0 saturated carbocycles. The van der Waals surface area contributed by atoms with Gasteiger partial charge in [0.1, 0.15) is 0 Å². The van der Waals surface area contributed by atoms with Crippen molar-refractivity contribution in [3.63, 3.8) is 0 Å². The second kappa shape index (κ2) is 5.83. The van der Waals surface area contributed by atoms with Crippen molar-refractivity contribution >= 4 is 11.9 Å². The van der Waals surface area contributed by atoms with Crippen LogP contribution >= 0.6 is 0 Å². The van der Waals surface area contributed by atoms with Gasteiger partial charge in [0.25, 0.3) is 5.91 Å². The number of hydrogen-bond acceptors (Lipinski definition) is 4. The summed E-state index contributed by atoms with van der Waals surface area (Å²) in [5, 5.41) is 8.95. The third-order valence-corrected chi connectivity index (χ3v) is 3.19. The molecule has 0 bridgehead atoms. The molecule has 2 heterocycles. The van der Waals surface area contributed by atoms with Crippen LogP contribution in [0.3, 0.4) is 0 Å². The predicted octanol–water partition coefficient (Wildman–Crippen LogP) is 0.749. The van der Waals surface area contributed by atoms with E-state index in [0.717, 1.165) is 12.8 Å². The summed E-state index contributed by atoms with van der Waals surface area (Å²) in [6, 6.07) is 0. The highest BCUT2D eigenvalue weighted by molar-refractivity contribution is 6.02. The van der Waals surface area contributed by atoms with Gasteiger partial charge in [-0.2, -0.15) is 0 Å². The summed E-state index contributed by atoms with van der Waals surface area (Å²) in [4.78, 5) is 31.0. The maximum absolute atomic E-state index is 12.2. The molecule has 1 saturated heterocycles. The van der Waals surface area contributed by atoms with Crippen molar-refractivity contribution in [2.45, 2.75) is 25.9 Å².